The number of fused-ring (bicyclic) bond motifs is 1. The average molecular weight is 365 g/mol. The Bertz CT molecular complexity index is 938. The fourth-order valence-electron chi connectivity index (χ4n) is 3.56. The van der Waals surface area contributed by atoms with E-state index < -0.39 is 0 Å². The van der Waals surface area contributed by atoms with Crippen LogP contribution in [0.25, 0.3) is 11.4 Å². The van der Waals surface area contributed by atoms with E-state index in [1.807, 2.05) is 18.2 Å². The molecule has 0 N–H and O–H groups in total. The molecule has 1 aliphatic rings. The lowest BCUT2D eigenvalue weighted by atomic mass is 9.97. The summed E-state index contributed by atoms with van der Waals surface area (Å²) >= 11 is 0. The maximum absolute atomic E-state index is 5.54. The van der Waals surface area contributed by atoms with E-state index in [2.05, 4.69) is 46.2 Å². The molecule has 1 aromatic heterocycles. The third-order valence-corrected chi connectivity index (χ3v) is 5.08. The van der Waals surface area contributed by atoms with Crippen molar-refractivity contribution in [3.63, 3.8) is 0 Å². The van der Waals surface area contributed by atoms with Gasteiger partial charge in [0.2, 0.25) is 11.7 Å². The minimum atomic E-state index is 0.427. The Labute approximate surface area is 158 Å². The molecule has 1 atom stereocenters. The number of para-hydroxylation sites is 1. The maximum Gasteiger partial charge on any atom is 0.246 e. The first-order valence-electron chi connectivity index (χ1n) is 9.09. The molecular formula is C21H23N3O3. The van der Waals surface area contributed by atoms with Crippen LogP contribution in [0.1, 0.15) is 24.8 Å². The first-order chi connectivity index (χ1) is 13.2. The van der Waals surface area contributed by atoms with Crippen molar-refractivity contribution in [3.05, 3.63) is 53.9 Å². The maximum atomic E-state index is 5.54. The molecule has 0 aliphatic carbocycles. The summed E-state index contributed by atoms with van der Waals surface area (Å²) < 4.78 is 16.2. The van der Waals surface area contributed by atoms with Gasteiger partial charge >= 0.3 is 0 Å². The van der Waals surface area contributed by atoms with Gasteiger partial charge in [-0.3, -0.25) is 0 Å². The molecular weight excluding hydrogens is 342 g/mol. The Balaban J connectivity index is 1.59. The molecule has 1 aliphatic heterocycles. The summed E-state index contributed by atoms with van der Waals surface area (Å²) in [6.45, 7) is 2.83. The van der Waals surface area contributed by atoms with E-state index in [9.17, 15) is 0 Å². The zero-order valence-electron chi connectivity index (χ0n) is 15.8. The molecule has 0 spiro atoms. The third-order valence-electron chi connectivity index (χ3n) is 5.08. The van der Waals surface area contributed by atoms with Gasteiger partial charge in [0.1, 0.15) is 0 Å². The number of aryl methyl sites for hydroxylation is 1. The van der Waals surface area contributed by atoms with Gasteiger partial charge in [0.15, 0.2) is 11.5 Å². The second kappa shape index (κ2) is 7.31. The Morgan fingerprint density at radius 1 is 1.11 bits per heavy atom. The summed E-state index contributed by atoms with van der Waals surface area (Å²) in [4.78, 5) is 6.94. The highest BCUT2D eigenvalue weighted by atomic mass is 16.5. The number of aromatic nitrogens is 2. The second-order valence-corrected chi connectivity index (χ2v) is 6.73. The number of hydrogen-bond donors (Lipinski definition) is 0. The Kier molecular flexibility index (Phi) is 4.71. The van der Waals surface area contributed by atoms with Gasteiger partial charge < -0.3 is 18.9 Å². The molecule has 0 fully saturated rings. The zero-order chi connectivity index (χ0) is 18.8. The number of rotatable bonds is 5. The third kappa shape index (κ3) is 3.35. The van der Waals surface area contributed by atoms with Gasteiger partial charge in [-0.25, -0.2) is 0 Å². The lowest BCUT2D eigenvalue weighted by Crippen LogP contribution is -2.36. The number of anilines is 1. The van der Waals surface area contributed by atoms with Crippen LogP contribution in [0.4, 0.5) is 5.69 Å². The quantitative estimate of drug-likeness (QED) is 0.678. The van der Waals surface area contributed by atoms with Crippen LogP contribution in [0.15, 0.2) is 47.0 Å². The first kappa shape index (κ1) is 17.4. The minimum absolute atomic E-state index is 0.427. The van der Waals surface area contributed by atoms with Gasteiger partial charge in [0.25, 0.3) is 0 Å². The monoisotopic (exact) mass is 365 g/mol. The summed E-state index contributed by atoms with van der Waals surface area (Å²) in [6, 6.07) is 14.5. The van der Waals surface area contributed by atoms with E-state index >= 15 is 0 Å². The second-order valence-electron chi connectivity index (χ2n) is 6.73. The van der Waals surface area contributed by atoms with Crippen LogP contribution in [0, 0.1) is 0 Å². The van der Waals surface area contributed by atoms with Crippen molar-refractivity contribution in [1.29, 1.82) is 0 Å². The smallest absolute Gasteiger partial charge is 0.246 e. The van der Waals surface area contributed by atoms with E-state index in [0.717, 1.165) is 18.4 Å². The van der Waals surface area contributed by atoms with Crippen molar-refractivity contribution in [1.82, 2.24) is 10.1 Å². The van der Waals surface area contributed by atoms with E-state index in [-0.39, 0.29) is 0 Å². The van der Waals surface area contributed by atoms with Crippen molar-refractivity contribution >= 4 is 5.69 Å². The molecule has 3 aromatic rings. The summed E-state index contributed by atoms with van der Waals surface area (Å²) in [6.07, 6.45) is 2.22. The minimum Gasteiger partial charge on any atom is -0.493 e. The Hall–Kier alpha value is -3.02. The van der Waals surface area contributed by atoms with Crippen molar-refractivity contribution in [2.75, 3.05) is 19.1 Å². The van der Waals surface area contributed by atoms with E-state index in [1.165, 1.54) is 11.3 Å². The highest BCUT2D eigenvalue weighted by Gasteiger charge is 2.24. The molecule has 27 heavy (non-hydrogen) atoms. The summed E-state index contributed by atoms with van der Waals surface area (Å²) in [5.41, 5.74) is 3.45. The molecule has 6 heteroatoms. The lowest BCUT2D eigenvalue weighted by Gasteiger charge is -2.36. The molecule has 0 bridgehead atoms. The normalized spacial score (nSPS) is 16.1. The summed E-state index contributed by atoms with van der Waals surface area (Å²) in [5, 5.41) is 4.15. The highest BCUT2D eigenvalue weighted by Crippen LogP contribution is 2.33. The van der Waals surface area contributed by atoms with Crippen LogP contribution in [-0.4, -0.2) is 30.4 Å². The topological polar surface area (TPSA) is 60.6 Å². The van der Waals surface area contributed by atoms with Crippen molar-refractivity contribution in [3.8, 4) is 22.9 Å². The molecule has 0 radical (unpaired) electrons. The van der Waals surface area contributed by atoms with Crippen molar-refractivity contribution in [2.45, 2.75) is 32.4 Å². The molecule has 0 saturated carbocycles. The molecule has 4 rings (SSSR count). The van der Waals surface area contributed by atoms with E-state index in [0.29, 0.717) is 35.8 Å². The van der Waals surface area contributed by atoms with Gasteiger partial charge in [-0.15, -0.1) is 0 Å². The van der Waals surface area contributed by atoms with Crippen LogP contribution in [-0.2, 0) is 13.0 Å². The van der Waals surface area contributed by atoms with E-state index in [4.69, 9.17) is 14.0 Å². The van der Waals surface area contributed by atoms with Gasteiger partial charge in [0, 0.05) is 17.3 Å². The molecule has 0 saturated heterocycles. The number of nitrogens with zero attached hydrogens (tertiary/aromatic N) is 3. The van der Waals surface area contributed by atoms with Crippen LogP contribution in [0.5, 0.6) is 11.5 Å². The number of ether oxygens (including phenoxy) is 2. The van der Waals surface area contributed by atoms with Gasteiger partial charge in [-0.05, 0) is 49.6 Å². The largest absolute Gasteiger partial charge is 0.493 e. The molecule has 0 unspecified atom stereocenters. The SMILES string of the molecule is COc1ccc(-c2noc(CN3c4ccccc4CC[C@@H]3C)n2)cc1OC. The Morgan fingerprint density at radius 2 is 1.93 bits per heavy atom. The fraction of sp³-hybridized carbons (Fsp3) is 0.333. The van der Waals surface area contributed by atoms with Crippen LogP contribution in [0.3, 0.4) is 0 Å². The standard InChI is InChI=1S/C21H23N3O3/c1-14-8-9-15-6-4-5-7-17(15)24(14)13-20-22-21(23-27-20)16-10-11-18(25-2)19(12-16)26-3/h4-7,10-12,14H,8-9,13H2,1-3H3/t14-/m0/s1. The fourth-order valence-corrected chi connectivity index (χ4v) is 3.56. The predicted molar refractivity (Wildman–Crippen MR) is 103 cm³/mol. The molecule has 140 valence electrons. The molecule has 6 nitrogen and oxygen atoms in total. The van der Waals surface area contributed by atoms with Crippen molar-refractivity contribution < 1.29 is 14.0 Å². The summed E-state index contributed by atoms with van der Waals surface area (Å²) in [5.74, 6) is 2.45. The van der Waals surface area contributed by atoms with Crippen LogP contribution in [0.2, 0.25) is 0 Å². The van der Waals surface area contributed by atoms with Crippen LogP contribution < -0.4 is 14.4 Å². The molecule has 2 aromatic carbocycles. The molecule has 2 heterocycles. The first-order valence-corrected chi connectivity index (χ1v) is 9.09. The number of benzene rings is 2. The van der Waals surface area contributed by atoms with Gasteiger partial charge in [-0.1, -0.05) is 23.4 Å². The zero-order valence-corrected chi connectivity index (χ0v) is 15.8. The van der Waals surface area contributed by atoms with E-state index in [1.54, 1.807) is 14.2 Å². The Morgan fingerprint density at radius 3 is 2.74 bits per heavy atom. The van der Waals surface area contributed by atoms with Crippen LogP contribution >= 0.6 is 0 Å². The number of methoxy groups -OCH3 is 2. The highest BCUT2D eigenvalue weighted by molar-refractivity contribution is 5.61. The summed E-state index contributed by atoms with van der Waals surface area (Å²) in [7, 11) is 3.22. The van der Waals surface area contributed by atoms with Gasteiger partial charge in [-0.2, -0.15) is 4.98 Å². The lowest BCUT2D eigenvalue weighted by molar-refractivity contribution is 0.355. The number of hydrogen-bond acceptors (Lipinski definition) is 6. The molecule has 0 amide bonds. The average Bonchev–Trinajstić information content (AvgIpc) is 3.18. The van der Waals surface area contributed by atoms with Gasteiger partial charge in [0.05, 0.1) is 20.8 Å². The predicted octanol–water partition coefficient (Wildman–Crippen LogP) is 4.10. The van der Waals surface area contributed by atoms with Crippen molar-refractivity contribution in [2.24, 2.45) is 0 Å².